The van der Waals surface area contributed by atoms with E-state index in [1.807, 2.05) is 24.5 Å². The van der Waals surface area contributed by atoms with Crippen molar-refractivity contribution in [2.75, 3.05) is 24.6 Å². The molecule has 3 aliphatic heterocycles. The van der Waals surface area contributed by atoms with Crippen molar-refractivity contribution in [2.24, 2.45) is 11.8 Å². The molecule has 5 heterocycles. The summed E-state index contributed by atoms with van der Waals surface area (Å²) in [4.78, 5) is 11.4. The third kappa shape index (κ3) is 1.55. The monoisotopic (exact) mass is 297 g/mol. The van der Waals surface area contributed by atoms with E-state index in [1.165, 1.54) is 0 Å². The van der Waals surface area contributed by atoms with Crippen LogP contribution in [0.15, 0.2) is 30.6 Å². The Kier molecular flexibility index (Phi) is 2.56. The first-order valence-corrected chi connectivity index (χ1v) is 8.04. The Labute approximate surface area is 128 Å². The number of aromatic nitrogens is 2. The Balaban J connectivity index is 1.55. The van der Waals surface area contributed by atoms with Crippen molar-refractivity contribution >= 4 is 16.7 Å². The lowest BCUT2D eigenvalue weighted by atomic mass is 9.74. The van der Waals surface area contributed by atoms with Gasteiger partial charge in [-0.05, 0) is 31.0 Å². The Morgan fingerprint density at radius 2 is 2.27 bits per heavy atom. The summed E-state index contributed by atoms with van der Waals surface area (Å²) in [5.74, 6) is 1.70. The number of anilines is 1. The van der Waals surface area contributed by atoms with Gasteiger partial charge in [0.2, 0.25) is 0 Å². The average molecular weight is 297 g/mol. The van der Waals surface area contributed by atoms with Crippen molar-refractivity contribution in [3.63, 3.8) is 0 Å². The van der Waals surface area contributed by atoms with Gasteiger partial charge in [0.1, 0.15) is 5.82 Å². The molecular weight excluding hydrogens is 278 g/mol. The summed E-state index contributed by atoms with van der Waals surface area (Å²) in [6.07, 6.45) is 6.10. The predicted octanol–water partition coefficient (Wildman–Crippen LogP) is 1.61. The van der Waals surface area contributed by atoms with Gasteiger partial charge in [-0.1, -0.05) is 0 Å². The van der Waals surface area contributed by atoms with Crippen LogP contribution >= 0.6 is 0 Å². The molecule has 3 fully saturated rings. The molecule has 1 N–H and O–H groups in total. The van der Waals surface area contributed by atoms with E-state index in [0.717, 1.165) is 42.7 Å². The zero-order chi connectivity index (χ0) is 14.7. The van der Waals surface area contributed by atoms with E-state index in [9.17, 15) is 5.11 Å². The highest BCUT2D eigenvalue weighted by Crippen LogP contribution is 2.55. The molecule has 0 saturated carbocycles. The SMILES string of the molecule is OC[C@H]1[C@@H]2CC[C@@]3(CN(c4nccc5ncccc45)C[C@@H]13)O2. The molecule has 4 atom stereocenters. The van der Waals surface area contributed by atoms with E-state index in [1.54, 1.807) is 0 Å². The normalized spacial score (nSPS) is 36.2. The highest BCUT2D eigenvalue weighted by molar-refractivity contribution is 5.89. The molecule has 3 aliphatic rings. The molecule has 3 saturated heterocycles. The van der Waals surface area contributed by atoms with Crippen LogP contribution in [0.1, 0.15) is 12.8 Å². The summed E-state index contributed by atoms with van der Waals surface area (Å²) in [5.41, 5.74) is 0.912. The lowest BCUT2D eigenvalue weighted by Crippen LogP contribution is -2.37. The summed E-state index contributed by atoms with van der Waals surface area (Å²) >= 11 is 0. The number of aliphatic hydroxyl groups is 1. The smallest absolute Gasteiger partial charge is 0.138 e. The molecule has 2 aromatic rings. The van der Waals surface area contributed by atoms with E-state index < -0.39 is 0 Å². The minimum atomic E-state index is -0.0654. The number of fused-ring (bicyclic) bond motifs is 2. The minimum absolute atomic E-state index is 0.0654. The van der Waals surface area contributed by atoms with Gasteiger partial charge in [-0.3, -0.25) is 4.98 Å². The second-order valence-corrected chi connectivity index (χ2v) is 6.80. The number of hydrogen-bond donors (Lipinski definition) is 1. The van der Waals surface area contributed by atoms with Crippen molar-refractivity contribution in [1.29, 1.82) is 0 Å². The van der Waals surface area contributed by atoms with Gasteiger partial charge in [-0.25, -0.2) is 4.98 Å². The lowest BCUT2D eigenvalue weighted by Gasteiger charge is -2.27. The van der Waals surface area contributed by atoms with Gasteiger partial charge < -0.3 is 14.7 Å². The van der Waals surface area contributed by atoms with Gasteiger partial charge in [0.15, 0.2) is 0 Å². The van der Waals surface area contributed by atoms with Gasteiger partial charge >= 0.3 is 0 Å². The Morgan fingerprint density at radius 1 is 1.32 bits per heavy atom. The summed E-state index contributed by atoms with van der Waals surface area (Å²) in [5, 5.41) is 10.8. The largest absolute Gasteiger partial charge is 0.396 e. The first kappa shape index (κ1) is 12.8. The summed E-state index contributed by atoms with van der Waals surface area (Å²) < 4.78 is 6.31. The zero-order valence-corrected chi connectivity index (χ0v) is 12.4. The van der Waals surface area contributed by atoms with Crippen LogP contribution in [0.3, 0.4) is 0 Å². The maximum atomic E-state index is 9.74. The molecular formula is C17H19N3O2. The fourth-order valence-corrected chi connectivity index (χ4v) is 4.84. The quantitative estimate of drug-likeness (QED) is 0.912. The van der Waals surface area contributed by atoms with E-state index in [0.29, 0.717) is 5.92 Å². The topological polar surface area (TPSA) is 58.5 Å². The highest BCUT2D eigenvalue weighted by Gasteiger charge is 2.63. The van der Waals surface area contributed by atoms with Gasteiger partial charge in [0.25, 0.3) is 0 Å². The van der Waals surface area contributed by atoms with Crippen molar-refractivity contribution in [1.82, 2.24) is 9.97 Å². The van der Waals surface area contributed by atoms with Gasteiger partial charge in [0.05, 0.1) is 17.2 Å². The van der Waals surface area contributed by atoms with Gasteiger partial charge in [0, 0.05) is 49.3 Å². The highest BCUT2D eigenvalue weighted by atomic mass is 16.5. The molecule has 5 rings (SSSR count). The molecule has 0 amide bonds. The molecule has 1 spiro atoms. The number of aliphatic hydroxyl groups excluding tert-OH is 1. The molecule has 5 heteroatoms. The van der Waals surface area contributed by atoms with Crippen LogP contribution in [-0.4, -0.2) is 46.5 Å². The molecule has 0 aliphatic carbocycles. The first-order chi connectivity index (χ1) is 10.8. The Morgan fingerprint density at radius 3 is 3.18 bits per heavy atom. The Hall–Kier alpha value is -1.72. The lowest BCUT2D eigenvalue weighted by molar-refractivity contribution is 0.0129. The van der Waals surface area contributed by atoms with E-state index in [4.69, 9.17) is 4.74 Å². The van der Waals surface area contributed by atoms with E-state index in [-0.39, 0.29) is 24.2 Å². The van der Waals surface area contributed by atoms with Crippen LogP contribution in [0.25, 0.3) is 10.9 Å². The fourth-order valence-electron chi connectivity index (χ4n) is 4.84. The molecule has 0 aromatic carbocycles. The van der Waals surface area contributed by atoms with Crippen LogP contribution < -0.4 is 4.90 Å². The van der Waals surface area contributed by atoms with Gasteiger partial charge in [-0.2, -0.15) is 0 Å². The van der Waals surface area contributed by atoms with Crippen LogP contribution in [0.5, 0.6) is 0 Å². The summed E-state index contributed by atoms with van der Waals surface area (Å²) in [6.45, 7) is 2.03. The summed E-state index contributed by atoms with van der Waals surface area (Å²) in [6, 6.07) is 5.99. The molecule has 2 aromatic heterocycles. The van der Waals surface area contributed by atoms with Crippen LogP contribution in [0.4, 0.5) is 5.82 Å². The maximum Gasteiger partial charge on any atom is 0.138 e. The van der Waals surface area contributed by atoms with Crippen molar-refractivity contribution in [3.05, 3.63) is 30.6 Å². The summed E-state index contributed by atoms with van der Waals surface area (Å²) in [7, 11) is 0. The van der Waals surface area contributed by atoms with Crippen molar-refractivity contribution < 1.29 is 9.84 Å². The van der Waals surface area contributed by atoms with Crippen LogP contribution in [0.2, 0.25) is 0 Å². The third-order valence-electron chi connectivity index (χ3n) is 5.80. The average Bonchev–Trinajstić information content (AvgIpc) is 3.21. The van der Waals surface area contributed by atoms with Gasteiger partial charge in [-0.15, -0.1) is 0 Å². The molecule has 5 nitrogen and oxygen atoms in total. The first-order valence-electron chi connectivity index (χ1n) is 8.04. The number of ether oxygens (including phenoxy) is 1. The predicted molar refractivity (Wildman–Crippen MR) is 82.7 cm³/mol. The van der Waals surface area contributed by atoms with E-state index >= 15 is 0 Å². The number of nitrogens with zero attached hydrogens (tertiary/aromatic N) is 3. The Bertz CT molecular complexity index is 731. The fraction of sp³-hybridized carbons (Fsp3) is 0.529. The maximum absolute atomic E-state index is 9.74. The molecule has 0 radical (unpaired) electrons. The number of rotatable bonds is 2. The van der Waals surface area contributed by atoms with Crippen LogP contribution in [0, 0.1) is 11.8 Å². The number of pyridine rings is 2. The molecule has 2 bridgehead atoms. The standard InChI is InChI=1S/C17H19N3O2/c21-9-12-13-8-20(10-17(13)5-3-15(12)22-17)16-11-2-1-6-18-14(11)4-7-19-16/h1-2,4,6-7,12-13,15,21H,3,5,8-10H2/t12-,13+,15+,17+/m1/s1. The zero-order valence-electron chi connectivity index (χ0n) is 12.4. The second kappa shape index (κ2) is 4.40. The van der Waals surface area contributed by atoms with Crippen molar-refractivity contribution in [3.8, 4) is 0 Å². The van der Waals surface area contributed by atoms with Crippen molar-refractivity contribution in [2.45, 2.75) is 24.5 Å². The molecule has 22 heavy (non-hydrogen) atoms. The second-order valence-electron chi connectivity index (χ2n) is 6.80. The number of hydrogen-bond acceptors (Lipinski definition) is 5. The third-order valence-corrected chi connectivity index (χ3v) is 5.80. The molecule has 0 unspecified atom stereocenters. The van der Waals surface area contributed by atoms with E-state index in [2.05, 4.69) is 20.9 Å². The minimum Gasteiger partial charge on any atom is -0.396 e. The molecule has 114 valence electrons. The van der Waals surface area contributed by atoms with Crippen LogP contribution in [-0.2, 0) is 4.74 Å².